The van der Waals surface area contributed by atoms with Crippen LogP contribution in [0.4, 0.5) is 0 Å². The average Bonchev–Trinajstić information content (AvgIpc) is 2.89. The molecule has 7 atom stereocenters. The third-order valence-electron chi connectivity index (χ3n) is 5.93. The first-order chi connectivity index (χ1) is 19.3. The Balaban J connectivity index is 2.55. The molecule has 0 aliphatic carbocycles. The summed E-state index contributed by atoms with van der Waals surface area (Å²) in [5, 5.41) is 0. The SMILES string of the molecule is C/C=C1/[C@H](O[C@@H]2O[C@H](COC(C)=O)[C@@H](OC(C)=O)[C@H](OC(C)=O)[C@H]2OC(C)=O)OC=C(C(=O)OC)[C@H]1CC(=O)OC. The molecule has 0 aromatic rings. The third kappa shape index (κ3) is 9.01. The lowest BCUT2D eigenvalue weighted by molar-refractivity contribution is -0.331. The van der Waals surface area contributed by atoms with Gasteiger partial charge in [-0.25, -0.2) is 4.79 Å². The molecule has 0 aromatic heterocycles. The van der Waals surface area contributed by atoms with Crippen molar-refractivity contribution in [3.05, 3.63) is 23.5 Å². The van der Waals surface area contributed by atoms with Gasteiger partial charge in [-0.1, -0.05) is 6.08 Å². The van der Waals surface area contributed by atoms with E-state index >= 15 is 0 Å². The zero-order valence-corrected chi connectivity index (χ0v) is 23.7. The smallest absolute Gasteiger partial charge is 0.337 e. The summed E-state index contributed by atoms with van der Waals surface area (Å²) < 4.78 is 48.4. The number of allylic oxidation sites excluding steroid dienone is 1. The Labute approximate surface area is 235 Å². The third-order valence-corrected chi connectivity index (χ3v) is 5.93. The van der Waals surface area contributed by atoms with Crippen molar-refractivity contribution in [2.24, 2.45) is 5.92 Å². The Morgan fingerprint density at radius 3 is 1.93 bits per heavy atom. The van der Waals surface area contributed by atoms with Crippen LogP contribution in [0.2, 0.25) is 0 Å². The maximum absolute atomic E-state index is 12.4. The highest BCUT2D eigenvalue weighted by Gasteiger charge is 2.54. The summed E-state index contributed by atoms with van der Waals surface area (Å²) in [7, 11) is 2.35. The largest absolute Gasteiger partial charge is 0.469 e. The Morgan fingerprint density at radius 2 is 1.41 bits per heavy atom. The molecule has 2 rings (SSSR count). The molecule has 0 amide bonds. The number of carbonyl (C=O) groups excluding carboxylic acids is 6. The monoisotopic (exact) mass is 586 g/mol. The fraction of sp³-hybridized carbons (Fsp3) is 0.615. The van der Waals surface area contributed by atoms with Gasteiger partial charge in [-0.05, 0) is 6.92 Å². The molecule has 0 bridgehead atoms. The van der Waals surface area contributed by atoms with Gasteiger partial charge in [-0.3, -0.25) is 24.0 Å². The van der Waals surface area contributed by atoms with Crippen LogP contribution in [0, 0.1) is 5.92 Å². The highest BCUT2D eigenvalue weighted by molar-refractivity contribution is 5.90. The van der Waals surface area contributed by atoms with E-state index in [0.717, 1.165) is 41.1 Å². The normalized spacial score (nSPS) is 28.3. The van der Waals surface area contributed by atoms with Crippen molar-refractivity contribution in [3.63, 3.8) is 0 Å². The fourth-order valence-electron chi connectivity index (χ4n) is 4.29. The Hall–Kier alpha value is -3.98. The van der Waals surface area contributed by atoms with Gasteiger partial charge < -0.3 is 42.6 Å². The molecule has 0 aromatic carbocycles. The lowest BCUT2D eigenvalue weighted by Crippen LogP contribution is -2.63. The molecule has 15 nitrogen and oxygen atoms in total. The second-order valence-electron chi connectivity index (χ2n) is 8.86. The molecule has 2 aliphatic heterocycles. The van der Waals surface area contributed by atoms with Crippen molar-refractivity contribution >= 4 is 35.8 Å². The molecule has 0 radical (unpaired) electrons. The van der Waals surface area contributed by atoms with Gasteiger partial charge >= 0.3 is 35.8 Å². The van der Waals surface area contributed by atoms with E-state index in [1.165, 1.54) is 7.11 Å². The quantitative estimate of drug-likeness (QED) is 0.197. The Morgan fingerprint density at radius 1 is 0.829 bits per heavy atom. The first kappa shape index (κ1) is 33.2. The summed E-state index contributed by atoms with van der Waals surface area (Å²) >= 11 is 0. The summed E-state index contributed by atoms with van der Waals surface area (Å²) in [4.78, 5) is 72.2. The van der Waals surface area contributed by atoms with E-state index in [1.807, 2.05) is 0 Å². The van der Waals surface area contributed by atoms with Gasteiger partial charge in [0.05, 0.1) is 32.5 Å². The lowest BCUT2D eigenvalue weighted by Gasteiger charge is -2.45. The van der Waals surface area contributed by atoms with Gasteiger partial charge in [-0.2, -0.15) is 0 Å². The van der Waals surface area contributed by atoms with Crippen molar-refractivity contribution in [1.82, 2.24) is 0 Å². The second kappa shape index (κ2) is 15.1. The van der Waals surface area contributed by atoms with Gasteiger partial charge in [-0.15, -0.1) is 0 Å². The molecule has 2 heterocycles. The first-order valence-corrected chi connectivity index (χ1v) is 12.5. The zero-order valence-electron chi connectivity index (χ0n) is 23.7. The maximum Gasteiger partial charge on any atom is 0.337 e. The van der Waals surface area contributed by atoms with Crippen LogP contribution in [0.3, 0.4) is 0 Å². The number of rotatable bonds is 10. The Bertz CT molecular complexity index is 1080. The van der Waals surface area contributed by atoms with E-state index < -0.39 is 85.3 Å². The molecular weight excluding hydrogens is 552 g/mol. The zero-order chi connectivity index (χ0) is 30.9. The molecule has 0 saturated carbocycles. The van der Waals surface area contributed by atoms with E-state index in [9.17, 15) is 28.8 Å². The number of ether oxygens (including phenoxy) is 9. The topological polar surface area (TPSA) is 185 Å². The average molecular weight is 587 g/mol. The predicted molar refractivity (Wildman–Crippen MR) is 132 cm³/mol. The summed E-state index contributed by atoms with van der Waals surface area (Å²) in [6.45, 7) is 5.55. The summed E-state index contributed by atoms with van der Waals surface area (Å²) in [6, 6.07) is 0. The number of esters is 6. The number of hydrogen-bond acceptors (Lipinski definition) is 15. The van der Waals surface area contributed by atoms with Gasteiger partial charge in [0.25, 0.3) is 0 Å². The molecule has 0 spiro atoms. The molecule has 15 heteroatoms. The van der Waals surface area contributed by atoms with Crippen LogP contribution in [-0.4, -0.2) is 93.6 Å². The van der Waals surface area contributed by atoms with Crippen molar-refractivity contribution in [2.45, 2.75) is 78.0 Å². The summed E-state index contributed by atoms with van der Waals surface area (Å²) in [5.41, 5.74) is 0.290. The van der Waals surface area contributed by atoms with Crippen LogP contribution < -0.4 is 0 Å². The number of methoxy groups -OCH3 is 2. The number of carbonyl (C=O) groups is 6. The van der Waals surface area contributed by atoms with Crippen molar-refractivity contribution in [1.29, 1.82) is 0 Å². The maximum atomic E-state index is 12.4. The van der Waals surface area contributed by atoms with E-state index in [2.05, 4.69) is 0 Å². The molecule has 2 aliphatic rings. The van der Waals surface area contributed by atoms with E-state index in [1.54, 1.807) is 13.0 Å². The van der Waals surface area contributed by atoms with Crippen LogP contribution in [0.5, 0.6) is 0 Å². The first-order valence-electron chi connectivity index (χ1n) is 12.5. The molecule has 228 valence electrons. The molecule has 0 unspecified atom stereocenters. The van der Waals surface area contributed by atoms with Crippen molar-refractivity contribution in [3.8, 4) is 0 Å². The van der Waals surface area contributed by atoms with Gasteiger partial charge in [0.15, 0.2) is 18.3 Å². The van der Waals surface area contributed by atoms with Crippen LogP contribution in [0.1, 0.15) is 41.0 Å². The van der Waals surface area contributed by atoms with Crippen LogP contribution in [0.25, 0.3) is 0 Å². The van der Waals surface area contributed by atoms with Gasteiger partial charge in [0, 0.05) is 39.2 Å². The van der Waals surface area contributed by atoms with Crippen LogP contribution in [-0.2, 0) is 71.4 Å². The van der Waals surface area contributed by atoms with Crippen LogP contribution >= 0.6 is 0 Å². The van der Waals surface area contributed by atoms with Crippen molar-refractivity contribution < 1.29 is 71.4 Å². The minimum atomic E-state index is -1.57. The van der Waals surface area contributed by atoms with E-state index in [0.29, 0.717) is 0 Å². The standard InChI is InChI=1S/C26H34O15/c1-8-16-17(9-20(31)33-6)18(24(32)34-7)10-36-25(16)41-26-23(39-15(5)30)22(38-14(4)29)21(37-13(3)28)19(40-26)11-35-12(2)27/h8,10,17,19,21-23,25-26H,9,11H2,1-7H3/b16-8+/t17-,19+,21+,22-,23+,25-,26-/m0/s1. The summed E-state index contributed by atoms with van der Waals surface area (Å²) in [5.74, 6) is -5.41. The second-order valence-corrected chi connectivity index (χ2v) is 8.86. The molecular formula is C26H34O15. The molecule has 1 fully saturated rings. The van der Waals surface area contributed by atoms with E-state index in [-0.39, 0.29) is 17.6 Å². The highest BCUT2D eigenvalue weighted by Crippen LogP contribution is 2.37. The number of hydrogen-bond donors (Lipinski definition) is 0. The predicted octanol–water partition coefficient (Wildman–Crippen LogP) is 0.625. The molecule has 41 heavy (non-hydrogen) atoms. The minimum absolute atomic E-state index is 0.00685. The van der Waals surface area contributed by atoms with Crippen LogP contribution in [0.15, 0.2) is 23.5 Å². The van der Waals surface area contributed by atoms with E-state index in [4.69, 9.17) is 42.6 Å². The summed E-state index contributed by atoms with van der Waals surface area (Å²) in [6.07, 6.45) is -6.20. The lowest BCUT2D eigenvalue weighted by atomic mass is 9.86. The Kier molecular flexibility index (Phi) is 12.3. The molecule has 0 N–H and O–H groups in total. The minimum Gasteiger partial charge on any atom is -0.469 e. The van der Waals surface area contributed by atoms with Crippen molar-refractivity contribution in [2.75, 3.05) is 20.8 Å². The van der Waals surface area contributed by atoms with Gasteiger partial charge in [0.1, 0.15) is 12.7 Å². The molecule has 1 saturated heterocycles. The highest BCUT2D eigenvalue weighted by atomic mass is 16.8. The van der Waals surface area contributed by atoms with Gasteiger partial charge in [0.2, 0.25) is 12.6 Å². The fourth-order valence-corrected chi connectivity index (χ4v) is 4.29.